The quantitative estimate of drug-likeness (QED) is 0.758. The first-order valence-electron chi connectivity index (χ1n) is 6.49. The predicted octanol–water partition coefficient (Wildman–Crippen LogP) is 3.20. The Kier molecular flexibility index (Phi) is 5.88. The van der Waals surface area contributed by atoms with E-state index in [1.54, 1.807) is 11.3 Å². The molecule has 0 aromatic carbocycles. The minimum Gasteiger partial charge on any atom is -0.339 e. The van der Waals surface area contributed by atoms with Crippen LogP contribution in [0.25, 0.3) is 10.7 Å². The van der Waals surface area contributed by atoms with E-state index in [1.807, 2.05) is 29.3 Å². The van der Waals surface area contributed by atoms with Crippen LogP contribution in [0.4, 0.5) is 0 Å². The zero-order chi connectivity index (χ0) is 13.5. The van der Waals surface area contributed by atoms with E-state index in [0.717, 1.165) is 41.5 Å². The third-order valence-electron chi connectivity index (χ3n) is 2.75. The Morgan fingerprint density at radius 1 is 1.53 bits per heavy atom. The number of hydrogen-bond donors (Lipinski definition) is 1. The molecule has 4 nitrogen and oxygen atoms in total. The highest BCUT2D eigenvalue weighted by atomic mass is 32.2. The van der Waals surface area contributed by atoms with Gasteiger partial charge in [-0.15, -0.1) is 11.3 Å². The first-order chi connectivity index (χ1) is 9.29. The molecular formula is C13H19N3OS2. The highest BCUT2D eigenvalue weighted by Crippen LogP contribution is 2.21. The lowest BCUT2D eigenvalue weighted by Gasteiger charge is -2.06. The molecule has 2 aromatic heterocycles. The van der Waals surface area contributed by atoms with Crippen molar-refractivity contribution in [3.8, 4) is 10.7 Å². The second kappa shape index (κ2) is 7.67. The summed E-state index contributed by atoms with van der Waals surface area (Å²) in [5, 5.41) is 6.01. The third kappa shape index (κ3) is 4.63. The maximum absolute atomic E-state index is 5.86. The van der Waals surface area contributed by atoms with Crippen LogP contribution in [0, 0.1) is 0 Å². The molecular weight excluding hydrogens is 278 g/mol. The summed E-state index contributed by atoms with van der Waals surface area (Å²) in [4.78, 5) is 5.45. The second-order valence-corrected chi connectivity index (χ2v) is 6.43. The number of nitrogens with zero attached hydrogens (tertiary/aromatic N) is 2. The maximum Gasteiger partial charge on any atom is 0.227 e. The summed E-state index contributed by atoms with van der Waals surface area (Å²) in [6.45, 7) is 2.12. The number of aromatic nitrogens is 2. The molecule has 0 aliphatic carbocycles. The number of rotatable bonds is 8. The van der Waals surface area contributed by atoms with Crippen molar-refractivity contribution in [1.29, 1.82) is 0 Å². The van der Waals surface area contributed by atoms with E-state index in [9.17, 15) is 0 Å². The summed E-state index contributed by atoms with van der Waals surface area (Å²) >= 11 is 3.52. The smallest absolute Gasteiger partial charge is 0.227 e. The Hall–Kier alpha value is -0.850. The van der Waals surface area contributed by atoms with Gasteiger partial charge in [0, 0.05) is 18.2 Å². The van der Waals surface area contributed by atoms with E-state index in [-0.39, 0.29) is 0 Å². The first kappa shape index (κ1) is 14.6. The average molecular weight is 297 g/mol. The number of thioether (sulfide) groups is 1. The van der Waals surface area contributed by atoms with Crippen molar-refractivity contribution in [3.63, 3.8) is 0 Å². The van der Waals surface area contributed by atoms with Gasteiger partial charge < -0.3 is 10.3 Å². The van der Waals surface area contributed by atoms with Crippen LogP contribution in [0.15, 0.2) is 22.0 Å². The molecule has 0 amide bonds. The fraction of sp³-hybridized carbons (Fsp3) is 0.538. The molecule has 0 bridgehead atoms. The summed E-state index contributed by atoms with van der Waals surface area (Å²) < 4.78 is 5.25. The normalized spacial score (nSPS) is 12.7. The molecule has 0 saturated heterocycles. The Labute approximate surface area is 121 Å². The number of thiophene rings is 1. The molecule has 104 valence electrons. The third-order valence-corrected chi connectivity index (χ3v) is 4.85. The lowest BCUT2D eigenvalue weighted by Crippen LogP contribution is -2.21. The van der Waals surface area contributed by atoms with Crippen LogP contribution >= 0.6 is 23.1 Å². The van der Waals surface area contributed by atoms with E-state index >= 15 is 0 Å². The molecule has 2 rings (SSSR count). The molecule has 0 radical (unpaired) electrons. The van der Waals surface area contributed by atoms with Gasteiger partial charge in [0.05, 0.1) is 4.88 Å². The molecule has 0 aliphatic heterocycles. The van der Waals surface area contributed by atoms with Crippen LogP contribution in [0.2, 0.25) is 0 Å². The van der Waals surface area contributed by atoms with Crippen molar-refractivity contribution in [2.24, 2.45) is 5.73 Å². The first-order valence-corrected chi connectivity index (χ1v) is 8.52. The van der Waals surface area contributed by atoms with E-state index in [2.05, 4.69) is 17.1 Å². The zero-order valence-corrected chi connectivity index (χ0v) is 12.7. The van der Waals surface area contributed by atoms with Crippen molar-refractivity contribution in [2.75, 3.05) is 11.5 Å². The van der Waals surface area contributed by atoms with Crippen LogP contribution in [0.1, 0.15) is 25.7 Å². The van der Waals surface area contributed by atoms with Gasteiger partial charge in [0.15, 0.2) is 0 Å². The SMILES string of the molecule is CCC(N)CSCCCc1nc(-c2cccs2)no1. The minimum absolute atomic E-state index is 0.318. The summed E-state index contributed by atoms with van der Waals surface area (Å²) in [7, 11) is 0. The van der Waals surface area contributed by atoms with Gasteiger partial charge in [0.2, 0.25) is 11.7 Å². The van der Waals surface area contributed by atoms with Crippen molar-refractivity contribution >= 4 is 23.1 Å². The molecule has 1 unspecified atom stereocenters. The van der Waals surface area contributed by atoms with Gasteiger partial charge in [-0.3, -0.25) is 0 Å². The highest BCUT2D eigenvalue weighted by molar-refractivity contribution is 7.99. The van der Waals surface area contributed by atoms with Gasteiger partial charge in [0.25, 0.3) is 0 Å². The van der Waals surface area contributed by atoms with Gasteiger partial charge in [-0.1, -0.05) is 18.1 Å². The van der Waals surface area contributed by atoms with Crippen LogP contribution < -0.4 is 5.73 Å². The standard InChI is InChI=1S/C13H19N3OS2/c1-2-10(14)9-18-7-4-6-12-15-13(16-17-12)11-5-3-8-19-11/h3,5,8,10H,2,4,6-7,9,14H2,1H3. The molecule has 2 N–H and O–H groups in total. The number of aryl methyl sites for hydroxylation is 1. The molecule has 2 heterocycles. The van der Waals surface area contributed by atoms with Crippen LogP contribution in [0.5, 0.6) is 0 Å². The molecule has 0 fully saturated rings. The van der Waals surface area contributed by atoms with Crippen LogP contribution in [0.3, 0.4) is 0 Å². The maximum atomic E-state index is 5.86. The lowest BCUT2D eigenvalue weighted by molar-refractivity contribution is 0.378. The monoisotopic (exact) mass is 297 g/mol. The Morgan fingerprint density at radius 3 is 3.16 bits per heavy atom. The van der Waals surface area contributed by atoms with Crippen LogP contribution in [-0.4, -0.2) is 27.7 Å². The van der Waals surface area contributed by atoms with E-state index in [0.29, 0.717) is 11.9 Å². The number of hydrogen-bond acceptors (Lipinski definition) is 6. The molecule has 19 heavy (non-hydrogen) atoms. The molecule has 1 atom stereocenters. The average Bonchev–Trinajstić information content (AvgIpc) is 3.08. The molecule has 0 spiro atoms. The molecule has 0 saturated carbocycles. The van der Waals surface area contributed by atoms with E-state index in [4.69, 9.17) is 10.3 Å². The summed E-state index contributed by atoms with van der Waals surface area (Å²) in [5.74, 6) is 3.54. The number of nitrogens with two attached hydrogens (primary N) is 1. The highest BCUT2D eigenvalue weighted by Gasteiger charge is 2.09. The summed E-state index contributed by atoms with van der Waals surface area (Å²) in [6, 6.07) is 4.31. The topological polar surface area (TPSA) is 64.9 Å². The fourth-order valence-electron chi connectivity index (χ4n) is 1.54. The second-order valence-electron chi connectivity index (χ2n) is 4.34. The Bertz CT molecular complexity index is 470. The Balaban J connectivity index is 1.69. The minimum atomic E-state index is 0.318. The van der Waals surface area contributed by atoms with Gasteiger partial charge in [-0.2, -0.15) is 16.7 Å². The van der Waals surface area contributed by atoms with E-state index < -0.39 is 0 Å². The molecule has 0 aliphatic rings. The molecule has 6 heteroatoms. The zero-order valence-electron chi connectivity index (χ0n) is 11.0. The van der Waals surface area contributed by atoms with Gasteiger partial charge >= 0.3 is 0 Å². The molecule has 2 aromatic rings. The van der Waals surface area contributed by atoms with Gasteiger partial charge in [-0.25, -0.2) is 0 Å². The van der Waals surface area contributed by atoms with Crippen molar-refractivity contribution < 1.29 is 4.52 Å². The summed E-state index contributed by atoms with van der Waals surface area (Å²) in [5.41, 5.74) is 5.86. The summed E-state index contributed by atoms with van der Waals surface area (Å²) in [6.07, 6.45) is 2.93. The van der Waals surface area contributed by atoms with Crippen molar-refractivity contribution in [2.45, 2.75) is 32.2 Å². The van der Waals surface area contributed by atoms with Gasteiger partial charge in [-0.05, 0) is 30.0 Å². The van der Waals surface area contributed by atoms with Crippen molar-refractivity contribution in [3.05, 3.63) is 23.4 Å². The largest absolute Gasteiger partial charge is 0.339 e. The lowest BCUT2D eigenvalue weighted by atomic mass is 10.3. The fourth-order valence-corrected chi connectivity index (χ4v) is 3.24. The van der Waals surface area contributed by atoms with Gasteiger partial charge in [0.1, 0.15) is 0 Å². The Morgan fingerprint density at radius 2 is 2.42 bits per heavy atom. The van der Waals surface area contributed by atoms with E-state index in [1.165, 1.54) is 0 Å². The van der Waals surface area contributed by atoms with Crippen molar-refractivity contribution in [1.82, 2.24) is 10.1 Å². The predicted molar refractivity (Wildman–Crippen MR) is 81.5 cm³/mol. The van der Waals surface area contributed by atoms with Crippen LogP contribution in [-0.2, 0) is 6.42 Å².